The van der Waals surface area contributed by atoms with Gasteiger partial charge in [0.25, 0.3) is 0 Å². The Balaban J connectivity index is 1.91. The Morgan fingerprint density at radius 3 is 2.56 bits per heavy atom. The molecule has 1 aromatic rings. The molecule has 9 nitrogen and oxygen atoms in total. The third-order valence-electron chi connectivity index (χ3n) is 6.33. The summed E-state index contributed by atoms with van der Waals surface area (Å²) in [6.45, 7) is 12.1. The minimum absolute atomic E-state index is 0.00553. The lowest BCUT2D eigenvalue weighted by Crippen LogP contribution is -2.58. The van der Waals surface area contributed by atoms with Crippen molar-refractivity contribution in [3.63, 3.8) is 0 Å². The monoisotopic (exact) mass is 471 g/mol. The molecule has 0 spiro atoms. The predicted octanol–water partition coefficient (Wildman–Crippen LogP) is 2.63. The summed E-state index contributed by atoms with van der Waals surface area (Å²) in [5.41, 5.74) is 2.93. The molecule has 2 N–H and O–H groups in total. The fraction of sp³-hybridized carbons (Fsp3) is 0.560. The second-order valence-corrected chi connectivity index (χ2v) is 9.26. The summed E-state index contributed by atoms with van der Waals surface area (Å²) >= 11 is 0. The third-order valence-corrected chi connectivity index (χ3v) is 6.33. The first-order valence-corrected chi connectivity index (χ1v) is 11.9. The maximum absolute atomic E-state index is 13.2. The molecule has 1 saturated heterocycles. The highest BCUT2D eigenvalue weighted by Gasteiger charge is 2.38. The largest absolute Gasteiger partial charge is 0.463 e. The van der Waals surface area contributed by atoms with Gasteiger partial charge in [0.15, 0.2) is 0 Å². The van der Waals surface area contributed by atoms with Crippen LogP contribution >= 0.6 is 0 Å². The summed E-state index contributed by atoms with van der Waals surface area (Å²) in [5.74, 6) is -0.430. The number of rotatable bonds is 6. The lowest BCUT2D eigenvalue weighted by molar-refractivity contribution is -0.139. The first kappa shape index (κ1) is 25.6. The summed E-state index contributed by atoms with van der Waals surface area (Å²) in [4.78, 5) is 44.1. The van der Waals surface area contributed by atoms with E-state index in [0.29, 0.717) is 37.4 Å². The van der Waals surface area contributed by atoms with Gasteiger partial charge in [0, 0.05) is 51.0 Å². The fourth-order valence-corrected chi connectivity index (χ4v) is 4.56. The van der Waals surface area contributed by atoms with E-state index in [0.717, 1.165) is 11.1 Å². The number of aryl methyl sites for hydroxylation is 1. The minimum atomic E-state index is -0.588. The molecule has 0 radical (unpaired) electrons. The lowest BCUT2D eigenvalue weighted by atomic mass is 9.91. The number of hydrogen-bond donors (Lipinski definition) is 2. The molecule has 3 rings (SSSR count). The Kier molecular flexibility index (Phi) is 8.19. The molecule has 0 unspecified atom stereocenters. The van der Waals surface area contributed by atoms with Crippen molar-refractivity contribution < 1.29 is 19.1 Å². The Morgan fingerprint density at radius 1 is 1.24 bits per heavy atom. The van der Waals surface area contributed by atoms with Gasteiger partial charge < -0.3 is 20.3 Å². The third kappa shape index (κ3) is 5.52. The molecule has 2 atom stereocenters. The van der Waals surface area contributed by atoms with Crippen LogP contribution in [0.15, 0.2) is 35.5 Å². The predicted molar refractivity (Wildman–Crippen MR) is 130 cm³/mol. The zero-order chi connectivity index (χ0) is 25.0. The van der Waals surface area contributed by atoms with Gasteiger partial charge in [0.2, 0.25) is 0 Å². The van der Waals surface area contributed by atoms with E-state index in [2.05, 4.69) is 15.5 Å². The second-order valence-electron chi connectivity index (χ2n) is 9.26. The molecule has 186 valence electrons. The molecule has 0 bridgehead atoms. The summed E-state index contributed by atoms with van der Waals surface area (Å²) in [6, 6.07) is 6.87. The SMILES string of the molecule is CCOC(=O)C1=C(CN2CCN(C(=O)NC(C)C)[C@@H](C)C2)N(C)C(=O)N[C@@H]1c1ccccc1C. The van der Waals surface area contributed by atoms with Gasteiger partial charge in [0.05, 0.1) is 18.2 Å². The summed E-state index contributed by atoms with van der Waals surface area (Å²) in [6.07, 6.45) is 0. The number of esters is 1. The van der Waals surface area contributed by atoms with Crippen molar-refractivity contribution in [3.05, 3.63) is 46.7 Å². The van der Waals surface area contributed by atoms with E-state index in [-0.39, 0.29) is 30.8 Å². The van der Waals surface area contributed by atoms with Gasteiger partial charge in [-0.15, -0.1) is 0 Å². The number of carbonyl (C=O) groups is 3. The summed E-state index contributed by atoms with van der Waals surface area (Å²) in [5, 5.41) is 5.93. The Morgan fingerprint density at radius 2 is 1.94 bits per heavy atom. The molecule has 1 aromatic carbocycles. The van der Waals surface area contributed by atoms with Crippen LogP contribution < -0.4 is 10.6 Å². The van der Waals surface area contributed by atoms with Crippen LogP contribution in [0.1, 0.15) is 44.9 Å². The maximum atomic E-state index is 13.2. The lowest BCUT2D eigenvalue weighted by Gasteiger charge is -2.42. The van der Waals surface area contributed by atoms with Crippen LogP contribution in [0, 0.1) is 6.92 Å². The van der Waals surface area contributed by atoms with Crippen LogP contribution in [0.3, 0.4) is 0 Å². The van der Waals surface area contributed by atoms with E-state index in [9.17, 15) is 14.4 Å². The number of hydrogen-bond acceptors (Lipinski definition) is 5. The van der Waals surface area contributed by atoms with Crippen molar-refractivity contribution in [2.45, 2.75) is 52.7 Å². The molecule has 2 aliphatic heterocycles. The zero-order valence-corrected chi connectivity index (χ0v) is 21.1. The first-order valence-electron chi connectivity index (χ1n) is 11.9. The first-order chi connectivity index (χ1) is 16.1. The van der Waals surface area contributed by atoms with Gasteiger partial charge in [-0.1, -0.05) is 24.3 Å². The number of ether oxygens (including phenoxy) is 1. The number of benzene rings is 1. The fourth-order valence-electron chi connectivity index (χ4n) is 4.56. The molecule has 2 heterocycles. The average Bonchev–Trinajstić information content (AvgIpc) is 2.76. The highest BCUT2D eigenvalue weighted by atomic mass is 16.5. The van der Waals surface area contributed by atoms with Gasteiger partial charge in [-0.25, -0.2) is 14.4 Å². The van der Waals surface area contributed by atoms with Crippen LogP contribution in [-0.4, -0.2) is 84.6 Å². The zero-order valence-electron chi connectivity index (χ0n) is 21.1. The number of carbonyl (C=O) groups excluding carboxylic acids is 3. The van der Waals surface area contributed by atoms with Crippen molar-refractivity contribution in [3.8, 4) is 0 Å². The Hall–Kier alpha value is -3.07. The van der Waals surface area contributed by atoms with Crippen LogP contribution in [-0.2, 0) is 9.53 Å². The van der Waals surface area contributed by atoms with E-state index < -0.39 is 12.0 Å². The van der Waals surface area contributed by atoms with Crippen molar-refractivity contribution in [2.75, 3.05) is 39.8 Å². The Bertz CT molecular complexity index is 960. The van der Waals surface area contributed by atoms with Crippen molar-refractivity contribution >= 4 is 18.0 Å². The number of nitrogens with one attached hydrogen (secondary N) is 2. The van der Waals surface area contributed by atoms with Crippen molar-refractivity contribution in [2.24, 2.45) is 0 Å². The maximum Gasteiger partial charge on any atom is 0.338 e. The molecule has 4 amide bonds. The minimum Gasteiger partial charge on any atom is -0.463 e. The van der Waals surface area contributed by atoms with Gasteiger partial charge >= 0.3 is 18.0 Å². The number of piperazine rings is 1. The van der Waals surface area contributed by atoms with E-state index in [1.54, 1.807) is 14.0 Å². The van der Waals surface area contributed by atoms with Crippen LogP contribution in [0.5, 0.6) is 0 Å². The van der Waals surface area contributed by atoms with Gasteiger partial charge in [-0.3, -0.25) is 9.80 Å². The van der Waals surface area contributed by atoms with Gasteiger partial charge in [-0.2, -0.15) is 0 Å². The van der Waals surface area contributed by atoms with Crippen LogP contribution in [0.4, 0.5) is 9.59 Å². The molecule has 0 aliphatic carbocycles. The van der Waals surface area contributed by atoms with Crippen LogP contribution in [0.25, 0.3) is 0 Å². The van der Waals surface area contributed by atoms with Crippen LogP contribution in [0.2, 0.25) is 0 Å². The van der Waals surface area contributed by atoms with E-state index in [1.165, 1.54) is 4.90 Å². The van der Waals surface area contributed by atoms with E-state index in [4.69, 9.17) is 4.74 Å². The smallest absolute Gasteiger partial charge is 0.338 e. The summed E-state index contributed by atoms with van der Waals surface area (Å²) in [7, 11) is 1.67. The number of urea groups is 2. The Labute approximate surface area is 202 Å². The molecule has 0 saturated carbocycles. The van der Waals surface area contributed by atoms with Gasteiger partial charge in [-0.05, 0) is 45.7 Å². The topological polar surface area (TPSA) is 94.2 Å². The summed E-state index contributed by atoms with van der Waals surface area (Å²) < 4.78 is 5.43. The number of amides is 4. The number of likely N-dealkylation sites (N-methyl/N-ethyl adjacent to an activating group) is 1. The standard InChI is InChI=1S/C25H37N5O4/c1-7-34-23(31)21-20(15-29-12-13-30(18(5)14-29)25(33)26-16(2)3)28(6)24(32)27-22(21)19-11-9-8-10-17(19)4/h8-11,16,18,22H,7,12-15H2,1-6H3,(H,26,33)(H,27,32)/t18-,22+/m0/s1. The van der Waals surface area contributed by atoms with E-state index >= 15 is 0 Å². The second kappa shape index (κ2) is 10.9. The van der Waals surface area contributed by atoms with Gasteiger partial charge in [0.1, 0.15) is 0 Å². The highest BCUT2D eigenvalue weighted by Crippen LogP contribution is 2.33. The van der Waals surface area contributed by atoms with Crippen molar-refractivity contribution in [1.29, 1.82) is 0 Å². The molecule has 9 heteroatoms. The normalized spacial score (nSPS) is 21.6. The van der Waals surface area contributed by atoms with E-state index in [1.807, 2.05) is 56.9 Å². The number of nitrogens with zero attached hydrogens (tertiary/aromatic N) is 3. The molecule has 34 heavy (non-hydrogen) atoms. The molecule has 0 aromatic heterocycles. The highest BCUT2D eigenvalue weighted by molar-refractivity contribution is 5.95. The average molecular weight is 472 g/mol. The van der Waals surface area contributed by atoms with Crippen molar-refractivity contribution in [1.82, 2.24) is 25.3 Å². The molecular weight excluding hydrogens is 434 g/mol. The molecular formula is C25H37N5O4. The molecule has 1 fully saturated rings. The molecule has 2 aliphatic rings. The quantitative estimate of drug-likeness (QED) is 0.622.